The number of hydrogen-bond acceptors (Lipinski definition) is 2. The molecule has 0 bridgehead atoms. The molecule has 1 aliphatic heterocycles. The zero-order valence-electron chi connectivity index (χ0n) is 9.79. The lowest BCUT2D eigenvalue weighted by molar-refractivity contribution is -0.118. The highest BCUT2D eigenvalue weighted by Gasteiger charge is 2.23. The number of fused-ring (bicyclic) bond motifs is 1. The summed E-state index contributed by atoms with van der Waals surface area (Å²) in [5.74, 6) is 0.483. The summed E-state index contributed by atoms with van der Waals surface area (Å²) in [5, 5.41) is 0. The standard InChI is InChI=1S/C13H17ClN2O/c14-7-6-13(17)16-8-2-4-11-10(9-15)3-1-5-12(11)16/h1,3,5H,2,4,6-9,15H2. The topological polar surface area (TPSA) is 46.3 Å². The third-order valence-electron chi connectivity index (χ3n) is 3.18. The zero-order chi connectivity index (χ0) is 12.3. The van der Waals surface area contributed by atoms with Crippen molar-refractivity contribution >= 4 is 23.2 Å². The molecule has 0 atom stereocenters. The van der Waals surface area contributed by atoms with Crippen LogP contribution in [0.3, 0.4) is 0 Å². The molecule has 1 amide bonds. The van der Waals surface area contributed by atoms with E-state index < -0.39 is 0 Å². The molecular weight excluding hydrogens is 236 g/mol. The fourth-order valence-electron chi connectivity index (χ4n) is 2.36. The van der Waals surface area contributed by atoms with Crippen LogP contribution in [0.2, 0.25) is 0 Å². The Labute approximate surface area is 107 Å². The van der Waals surface area contributed by atoms with Gasteiger partial charge in [-0.05, 0) is 30.0 Å². The Morgan fingerprint density at radius 3 is 3.00 bits per heavy atom. The van der Waals surface area contributed by atoms with Gasteiger partial charge >= 0.3 is 0 Å². The molecule has 2 rings (SSSR count). The first kappa shape index (κ1) is 12.4. The van der Waals surface area contributed by atoms with Crippen LogP contribution < -0.4 is 10.6 Å². The van der Waals surface area contributed by atoms with Gasteiger partial charge in [-0.15, -0.1) is 11.6 Å². The van der Waals surface area contributed by atoms with Gasteiger partial charge in [-0.25, -0.2) is 0 Å². The minimum absolute atomic E-state index is 0.107. The van der Waals surface area contributed by atoms with Crippen molar-refractivity contribution in [3.05, 3.63) is 29.3 Å². The minimum Gasteiger partial charge on any atom is -0.326 e. The second kappa shape index (κ2) is 5.52. The Morgan fingerprint density at radius 1 is 1.47 bits per heavy atom. The van der Waals surface area contributed by atoms with Crippen LogP contribution >= 0.6 is 11.6 Å². The lowest BCUT2D eigenvalue weighted by atomic mass is 9.96. The Kier molecular flexibility index (Phi) is 4.02. The van der Waals surface area contributed by atoms with Crippen LogP contribution in [0.1, 0.15) is 24.0 Å². The van der Waals surface area contributed by atoms with E-state index in [9.17, 15) is 4.79 Å². The van der Waals surface area contributed by atoms with Crippen molar-refractivity contribution in [2.45, 2.75) is 25.8 Å². The smallest absolute Gasteiger partial charge is 0.228 e. The molecule has 1 aromatic carbocycles. The number of carbonyl (C=O) groups excluding carboxylic acids is 1. The van der Waals surface area contributed by atoms with E-state index in [4.69, 9.17) is 17.3 Å². The molecule has 1 aromatic rings. The first-order valence-corrected chi connectivity index (χ1v) is 6.48. The highest BCUT2D eigenvalue weighted by Crippen LogP contribution is 2.30. The van der Waals surface area contributed by atoms with Crippen LogP contribution in [0.4, 0.5) is 5.69 Å². The van der Waals surface area contributed by atoms with Crippen LogP contribution in [0.5, 0.6) is 0 Å². The molecule has 0 radical (unpaired) electrons. The zero-order valence-corrected chi connectivity index (χ0v) is 10.5. The maximum Gasteiger partial charge on any atom is 0.228 e. The molecular formula is C13H17ClN2O. The third-order valence-corrected chi connectivity index (χ3v) is 3.37. The van der Waals surface area contributed by atoms with Gasteiger partial charge in [0.2, 0.25) is 5.91 Å². The molecule has 0 spiro atoms. The molecule has 3 nitrogen and oxygen atoms in total. The molecule has 2 N–H and O–H groups in total. The number of rotatable bonds is 3. The fraction of sp³-hybridized carbons (Fsp3) is 0.462. The molecule has 1 aliphatic rings. The molecule has 0 saturated carbocycles. The number of halogens is 1. The van der Waals surface area contributed by atoms with Gasteiger partial charge in [0.15, 0.2) is 0 Å². The Bertz CT molecular complexity index is 420. The van der Waals surface area contributed by atoms with E-state index >= 15 is 0 Å². The maximum absolute atomic E-state index is 12.0. The number of alkyl halides is 1. The molecule has 17 heavy (non-hydrogen) atoms. The number of carbonyl (C=O) groups is 1. The first-order valence-electron chi connectivity index (χ1n) is 5.95. The van der Waals surface area contributed by atoms with E-state index in [2.05, 4.69) is 0 Å². The van der Waals surface area contributed by atoms with Crippen LogP contribution in [0.25, 0.3) is 0 Å². The quantitative estimate of drug-likeness (QED) is 0.837. The molecule has 0 fully saturated rings. The summed E-state index contributed by atoms with van der Waals surface area (Å²) in [6.45, 7) is 1.32. The van der Waals surface area contributed by atoms with Gasteiger partial charge < -0.3 is 10.6 Å². The Morgan fingerprint density at radius 2 is 2.29 bits per heavy atom. The highest BCUT2D eigenvalue weighted by molar-refractivity contribution is 6.19. The number of hydrogen-bond donors (Lipinski definition) is 1. The van der Waals surface area contributed by atoms with E-state index in [1.807, 2.05) is 23.1 Å². The van der Waals surface area contributed by atoms with E-state index in [1.54, 1.807) is 0 Å². The van der Waals surface area contributed by atoms with Crippen molar-refractivity contribution in [3.8, 4) is 0 Å². The predicted octanol–water partition coefficient (Wildman–Crippen LogP) is 2.05. The van der Waals surface area contributed by atoms with E-state index in [-0.39, 0.29) is 5.91 Å². The normalized spacial score (nSPS) is 14.6. The van der Waals surface area contributed by atoms with Crippen molar-refractivity contribution in [2.24, 2.45) is 5.73 Å². The Balaban J connectivity index is 2.34. The van der Waals surface area contributed by atoms with Gasteiger partial charge in [-0.2, -0.15) is 0 Å². The van der Waals surface area contributed by atoms with Crippen LogP contribution in [-0.4, -0.2) is 18.3 Å². The number of nitrogens with zero attached hydrogens (tertiary/aromatic N) is 1. The molecule has 1 heterocycles. The lowest BCUT2D eigenvalue weighted by Gasteiger charge is -2.30. The summed E-state index contributed by atoms with van der Waals surface area (Å²) in [6.07, 6.45) is 2.40. The SMILES string of the molecule is NCc1cccc2c1CCCN2C(=O)CCCl. The van der Waals surface area contributed by atoms with Gasteiger partial charge in [0.05, 0.1) is 0 Å². The van der Waals surface area contributed by atoms with E-state index in [0.717, 1.165) is 30.6 Å². The van der Waals surface area contributed by atoms with Crippen molar-refractivity contribution < 1.29 is 4.79 Å². The van der Waals surface area contributed by atoms with Crippen LogP contribution in [0.15, 0.2) is 18.2 Å². The summed E-state index contributed by atoms with van der Waals surface area (Å²) >= 11 is 5.63. The minimum atomic E-state index is 0.107. The second-order valence-electron chi connectivity index (χ2n) is 4.21. The maximum atomic E-state index is 12.0. The summed E-state index contributed by atoms with van der Waals surface area (Å²) in [7, 11) is 0. The monoisotopic (exact) mass is 252 g/mol. The molecule has 0 aromatic heterocycles. The fourth-order valence-corrected chi connectivity index (χ4v) is 2.52. The molecule has 0 unspecified atom stereocenters. The molecule has 0 aliphatic carbocycles. The average molecular weight is 253 g/mol. The third kappa shape index (κ3) is 2.45. The first-order chi connectivity index (χ1) is 8.27. The number of benzene rings is 1. The van der Waals surface area contributed by atoms with Gasteiger partial charge in [0.1, 0.15) is 0 Å². The number of nitrogens with two attached hydrogens (primary N) is 1. The van der Waals surface area contributed by atoms with Crippen molar-refractivity contribution in [1.82, 2.24) is 0 Å². The number of amides is 1. The van der Waals surface area contributed by atoms with E-state index in [1.165, 1.54) is 5.56 Å². The van der Waals surface area contributed by atoms with Crippen molar-refractivity contribution in [2.75, 3.05) is 17.3 Å². The van der Waals surface area contributed by atoms with Crippen LogP contribution in [0, 0.1) is 0 Å². The second-order valence-corrected chi connectivity index (χ2v) is 4.58. The van der Waals surface area contributed by atoms with Gasteiger partial charge in [-0.3, -0.25) is 4.79 Å². The molecule has 92 valence electrons. The van der Waals surface area contributed by atoms with Gasteiger partial charge in [0, 0.05) is 31.1 Å². The largest absolute Gasteiger partial charge is 0.326 e. The van der Waals surface area contributed by atoms with Crippen molar-refractivity contribution in [1.29, 1.82) is 0 Å². The molecule has 0 saturated heterocycles. The average Bonchev–Trinajstić information content (AvgIpc) is 2.37. The predicted molar refractivity (Wildman–Crippen MR) is 70.3 cm³/mol. The summed E-state index contributed by atoms with van der Waals surface area (Å²) in [5.41, 5.74) is 9.12. The van der Waals surface area contributed by atoms with Gasteiger partial charge in [-0.1, -0.05) is 12.1 Å². The van der Waals surface area contributed by atoms with Crippen LogP contribution in [-0.2, 0) is 17.8 Å². The summed E-state index contributed by atoms with van der Waals surface area (Å²) in [6, 6.07) is 6.00. The summed E-state index contributed by atoms with van der Waals surface area (Å²) in [4.78, 5) is 13.8. The molecule has 4 heteroatoms. The highest BCUT2D eigenvalue weighted by atomic mass is 35.5. The number of anilines is 1. The van der Waals surface area contributed by atoms with E-state index in [0.29, 0.717) is 18.8 Å². The Hall–Kier alpha value is -1.06. The van der Waals surface area contributed by atoms with Crippen molar-refractivity contribution in [3.63, 3.8) is 0 Å². The summed E-state index contributed by atoms with van der Waals surface area (Å²) < 4.78 is 0. The lowest BCUT2D eigenvalue weighted by Crippen LogP contribution is -2.36. The van der Waals surface area contributed by atoms with Gasteiger partial charge in [0.25, 0.3) is 0 Å².